The largest absolute Gasteiger partial charge is 0.486 e. The highest BCUT2D eigenvalue weighted by molar-refractivity contribution is 5.76. The molecule has 0 bridgehead atoms. The van der Waals surface area contributed by atoms with Crippen molar-refractivity contribution in [3.63, 3.8) is 0 Å². The second-order valence-corrected chi connectivity index (χ2v) is 3.67. The summed E-state index contributed by atoms with van der Waals surface area (Å²) in [5.41, 5.74) is -0.183. The first kappa shape index (κ1) is 12.6. The molecule has 6 heteroatoms. The SMILES string of the molecule is CCOC(=O)C(O)c1cc2c(cc1F)OCCO2. The van der Waals surface area contributed by atoms with Crippen LogP contribution in [0.4, 0.5) is 4.39 Å². The predicted molar refractivity (Wildman–Crippen MR) is 59.0 cm³/mol. The van der Waals surface area contributed by atoms with E-state index in [-0.39, 0.29) is 17.9 Å². The number of aliphatic hydroxyl groups excluding tert-OH is 1. The Morgan fingerprint density at radius 1 is 1.44 bits per heavy atom. The number of fused-ring (bicyclic) bond motifs is 1. The lowest BCUT2D eigenvalue weighted by Crippen LogP contribution is -2.19. The molecular formula is C12H13FO5. The highest BCUT2D eigenvalue weighted by Crippen LogP contribution is 2.34. The number of benzene rings is 1. The molecule has 0 aromatic heterocycles. The van der Waals surface area contributed by atoms with E-state index >= 15 is 0 Å². The lowest BCUT2D eigenvalue weighted by molar-refractivity contribution is -0.153. The first-order valence-electron chi connectivity index (χ1n) is 5.57. The lowest BCUT2D eigenvalue weighted by atomic mass is 10.1. The molecule has 1 N–H and O–H groups in total. The number of halogens is 1. The van der Waals surface area contributed by atoms with Gasteiger partial charge >= 0.3 is 5.97 Å². The van der Waals surface area contributed by atoms with Crippen LogP contribution in [-0.4, -0.2) is 30.9 Å². The molecule has 0 amide bonds. The molecule has 1 aliphatic rings. The Labute approximate surface area is 103 Å². The number of carbonyl (C=O) groups excluding carboxylic acids is 1. The van der Waals surface area contributed by atoms with E-state index in [0.29, 0.717) is 19.0 Å². The number of hydrogen-bond donors (Lipinski definition) is 1. The first-order valence-corrected chi connectivity index (χ1v) is 5.57. The Morgan fingerprint density at radius 2 is 2.06 bits per heavy atom. The molecule has 1 unspecified atom stereocenters. The maximum atomic E-state index is 13.7. The van der Waals surface area contributed by atoms with Crippen LogP contribution in [0.15, 0.2) is 12.1 Å². The molecule has 0 radical (unpaired) electrons. The Morgan fingerprint density at radius 3 is 2.67 bits per heavy atom. The number of ether oxygens (including phenoxy) is 3. The quantitative estimate of drug-likeness (QED) is 0.823. The second-order valence-electron chi connectivity index (χ2n) is 3.67. The fourth-order valence-electron chi connectivity index (χ4n) is 1.64. The molecule has 0 saturated heterocycles. The van der Waals surface area contributed by atoms with Crippen molar-refractivity contribution in [1.29, 1.82) is 0 Å². The number of aliphatic hydroxyl groups is 1. The summed E-state index contributed by atoms with van der Waals surface area (Å²) >= 11 is 0. The highest BCUT2D eigenvalue weighted by Gasteiger charge is 2.25. The minimum absolute atomic E-state index is 0.113. The number of hydrogen-bond acceptors (Lipinski definition) is 5. The van der Waals surface area contributed by atoms with Crippen LogP contribution >= 0.6 is 0 Å². The third kappa shape index (κ3) is 2.38. The molecule has 1 heterocycles. The highest BCUT2D eigenvalue weighted by atomic mass is 19.1. The van der Waals surface area contributed by atoms with Gasteiger partial charge < -0.3 is 19.3 Å². The Hall–Kier alpha value is -1.82. The maximum Gasteiger partial charge on any atom is 0.339 e. The van der Waals surface area contributed by atoms with Crippen molar-refractivity contribution in [3.8, 4) is 11.5 Å². The predicted octanol–water partition coefficient (Wildman–Crippen LogP) is 1.19. The van der Waals surface area contributed by atoms with E-state index < -0.39 is 17.9 Å². The van der Waals surface area contributed by atoms with Crippen molar-refractivity contribution in [2.75, 3.05) is 19.8 Å². The molecule has 1 atom stereocenters. The van der Waals surface area contributed by atoms with Gasteiger partial charge in [-0.1, -0.05) is 0 Å². The van der Waals surface area contributed by atoms with Crippen LogP contribution < -0.4 is 9.47 Å². The van der Waals surface area contributed by atoms with Crippen molar-refractivity contribution in [2.45, 2.75) is 13.0 Å². The Kier molecular flexibility index (Phi) is 3.66. The van der Waals surface area contributed by atoms with Crippen molar-refractivity contribution in [3.05, 3.63) is 23.5 Å². The number of esters is 1. The number of rotatable bonds is 3. The third-order valence-electron chi connectivity index (χ3n) is 2.47. The standard InChI is InChI=1S/C12H13FO5/c1-2-16-12(15)11(14)7-5-9-10(6-8(7)13)18-4-3-17-9/h5-6,11,14H,2-4H2,1H3. The summed E-state index contributed by atoms with van der Waals surface area (Å²) in [6.45, 7) is 2.40. The lowest BCUT2D eigenvalue weighted by Gasteiger charge is -2.20. The van der Waals surface area contributed by atoms with Gasteiger partial charge in [0.25, 0.3) is 0 Å². The van der Waals surface area contributed by atoms with E-state index in [1.54, 1.807) is 6.92 Å². The summed E-state index contributed by atoms with van der Waals surface area (Å²) in [6.07, 6.45) is -1.67. The summed E-state index contributed by atoms with van der Waals surface area (Å²) in [6, 6.07) is 2.34. The second kappa shape index (κ2) is 5.22. The fraction of sp³-hybridized carbons (Fsp3) is 0.417. The van der Waals surface area contributed by atoms with Gasteiger partial charge in [0.15, 0.2) is 17.6 Å². The molecular weight excluding hydrogens is 243 g/mol. The van der Waals surface area contributed by atoms with Crippen molar-refractivity contribution >= 4 is 5.97 Å². The molecule has 1 aromatic rings. The number of carbonyl (C=O) groups is 1. The molecule has 18 heavy (non-hydrogen) atoms. The molecule has 1 aromatic carbocycles. The van der Waals surface area contributed by atoms with Crippen molar-refractivity contribution in [2.24, 2.45) is 0 Å². The van der Waals surface area contributed by atoms with Gasteiger partial charge in [-0.25, -0.2) is 9.18 Å². The average Bonchev–Trinajstić information content (AvgIpc) is 2.37. The summed E-state index contributed by atoms with van der Waals surface area (Å²) in [4.78, 5) is 11.4. The van der Waals surface area contributed by atoms with E-state index in [1.165, 1.54) is 6.07 Å². The van der Waals surface area contributed by atoms with E-state index in [0.717, 1.165) is 6.07 Å². The van der Waals surface area contributed by atoms with E-state index in [2.05, 4.69) is 4.74 Å². The smallest absolute Gasteiger partial charge is 0.339 e. The minimum atomic E-state index is -1.67. The van der Waals surface area contributed by atoms with Gasteiger partial charge in [0, 0.05) is 11.6 Å². The van der Waals surface area contributed by atoms with Gasteiger partial charge in [-0.2, -0.15) is 0 Å². The van der Waals surface area contributed by atoms with Crippen LogP contribution in [0.5, 0.6) is 11.5 Å². The van der Waals surface area contributed by atoms with Crippen LogP contribution in [0, 0.1) is 5.82 Å². The molecule has 2 rings (SSSR count). The van der Waals surface area contributed by atoms with Crippen LogP contribution in [0.25, 0.3) is 0 Å². The summed E-state index contributed by atoms with van der Waals surface area (Å²) in [5, 5.41) is 9.69. The Bertz CT molecular complexity index is 460. The Balaban J connectivity index is 2.30. The summed E-state index contributed by atoms with van der Waals surface area (Å²) in [7, 11) is 0. The van der Waals surface area contributed by atoms with Gasteiger partial charge in [-0.15, -0.1) is 0 Å². The molecule has 1 aliphatic heterocycles. The monoisotopic (exact) mass is 256 g/mol. The maximum absolute atomic E-state index is 13.7. The van der Waals surface area contributed by atoms with Crippen LogP contribution in [0.1, 0.15) is 18.6 Å². The molecule has 98 valence electrons. The molecule has 5 nitrogen and oxygen atoms in total. The fourth-order valence-corrected chi connectivity index (χ4v) is 1.64. The normalized spacial score (nSPS) is 15.1. The first-order chi connectivity index (χ1) is 8.63. The third-order valence-corrected chi connectivity index (χ3v) is 2.47. The molecule has 0 saturated carbocycles. The summed E-state index contributed by atoms with van der Waals surface area (Å²) < 4.78 is 28.8. The molecule has 0 aliphatic carbocycles. The van der Waals surface area contributed by atoms with Crippen LogP contribution in [0.3, 0.4) is 0 Å². The zero-order valence-corrected chi connectivity index (χ0v) is 9.81. The van der Waals surface area contributed by atoms with Crippen LogP contribution in [0.2, 0.25) is 0 Å². The molecule has 0 fully saturated rings. The van der Waals surface area contributed by atoms with Crippen molar-refractivity contribution < 1.29 is 28.5 Å². The summed E-state index contributed by atoms with van der Waals surface area (Å²) in [5.74, 6) is -1.06. The minimum Gasteiger partial charge on any atom is -0.486 e. The topological polar surface area (TPSA) is 65.0 Å². The van der Waals surface area contributed by atoms with E-state index in [9.17, 15) is 14.3 Å². The van der Waals surface area contributed by atoms with Gasteiger partial charge in [-0.3, -0.25) is 0 Å². The van der Waals surface area contributed by atoms with Gasteiger partial charge in [0.2, 0.25) is 0 Å². The van der Waals surface area contributed by atoms with E-state index in [1.807, 2.05) is 0 Å². The van der Waals surface area contributed by atoms with E-state index in [4.69, 9.17) is 9.47 Å². The van der Waals surface area contributed by atoms with Gasteiger partial charge in [0.1, 0.15) is 19.0 Å². The van der Waals surface area contributed by atoms with Gasteiger partial charge in [0.05, 0.1) is 6.61 Å². The zero-order valence-electron chi connectivity index (χ0n) is 9.81. The van der Waals surface area contributed by atoms with Crippen LogP contribution in [-0.2, 0) is 9.53 Å². The van der Waals surface area contributed by atoms with Crippen molar-refractivity contribution in [1.82, 2.24) is 0 Å². The zero-order chi connectivity index (χ0) is 13.1. The average molecular weight is 256 g/mol. The molecule has 0 spiro atoms. The van der Waals surface area contributed by atoms with Gasteiger partial charge in [-0.05, 0) is 13.0 Å².